The molecule has 0 radical (unpaired) electrons. The summed E-state index contributed by atoms with van der Waals surface area (Å²) in [5, 5.41) is 6.24. The Labute approximate surface area is 129 Å². The van der Waals surface area contributed by atoms with Gasteiger partial charge in [0.25, 0.3) is 0 Å². The fourth-order valence-corrected chi connectivity index (χ4v) is 3.41. The normalized spacial score (nSPS) is 17.5. The molecule has 2 nitrogen and oxygen atoms in total. The second-order valence-corrected chi connectivity index (χ2v) is 6.62. The molecule has 3 rings (SSSR count). The van der Waals surface area contributed by atoms with E-state index in [4.69, 9.17) is 0 Å². The minimum atomic E-state index is 0.800. The minimum Gasteiger partial charge on any atom is -0.384 e. The zero-order valence-corrected chi connectivity index (χ0v) is 13.5. The molecule has 1 fully saturated rings. The van der Waals surface area contributed by atoms with Crippen molar-refractivity contribution in [2.24, 2.45) is 5.92 Å². The van der Waals surface area contributed by atoms with E-state index in [1.807, 2.05) is 0 Å². The third-order valence-corrected chi connectivity index (χ3v) is 4.98. The molecule has 3 heteroatoms. The van der Waals surface area contributed by atoms with Crippen LogP contribution in [-0.4, -0.2) is 31.6 Å². The van der Waals surface area contributed by atoms with Crippen LogP contribution in [-0.2, 0) is 0 Å². The van der Waals surface area contributed by atoms with Crippen molar-refractivity contribution in [3.63, 3.8) is 0 Å². The Hall–Kier alpha value is -1.06. The van der Waals surface area contributed by atoms with Gasteiger partial charge in [-0.3, -0.25) is 0 Å². The first-order valence-electron chi connectivity index (χ1n) is 7.33. The van der Waals surface area contributed by atoms with Crippen molar-refractivity contribution >= 4 is 32.4 Å². The van der Waals surface area contributed by atoms with Crippen molar-refractivity contribution in [1.82, 2.24) is 4.90 Å². The maximum absolute atomic E-state index is 3.66. The van der Waals surface area contributed by atoms with Gasteiger partial charge in [-0.15, -0.1) is 0 Å². The highest BCUT2D eigenvalue weighted by Gasteiger charge is 2.16. The number of hydrogen-bond acceptors (Lipinski definition) is 2. The predicted octanol–water partition coefficient (Wildman–Crippen LogP) is 4.36. The van der Waals surface area contributed by atoms with Gasteiger partial charge in [0, 0.05) is 22.1 Å². The third-order valence-electron chi connectivity index (χ3n) is 4.29. The summed E-state index contributed by atoms with van der Waals surface area (Å²) in [7, 11) is 2.21. The molecule has 1 saturated heterocycles. The summed E-state index contributed by atoms with van der Waals surface area (Å²) in [6.45, 7) is 3.54. The largest absolute Gasteiger partial charge is 0.384 e. The Morgan fingerprint density at radius 2 is 1.80 bits per heavy atom. The lowest BCUT2D eigenvalue weighted by atomic mass is 9.97. The van der Waals surface area contributed by atoms with Crippen molar-refractivity contribution in [2.45, 2.75) is 12.8 Å². The molecule has 0 spiro atoms. The van der Waals surface area contributed by atoms with E-state index < -0.39 is 0 Å². The Morgan fingerprint density at radius 3 is 2.55 bits per heavy atom. The number of hydrogen-bond donors (Lipinski definition) is 1. The van der Waals surface area contributed by atoms with E-state index in [0.717, 1.165) is 16.9 Å². The van der Waals surface area contributed by atoms with Gasteiger partial charge in [-0.1, -0.05) is 40.2 Å². The Kier molecular flexibility index (Phi) is 4.27. The number of piperidine rings is 1. The van der Waals surface area contributed by atoms with Crippen molar-refractivity contribution in [3.8, 4) is 0 Å². The van der Waals surface area contributed by atoms with E-state index in [1.165, 1.54) is 42.4 Å². The molecular weight excluding hydrogens is 312 g/mol. The molecule has 2 aromatic carbocycles. The fourth-order valence-electron chi connectivity index (χ4n) is 2.94. The lowest BCUT2D eigenvalue weighted by molar-refractivity contribution is 0.226. The minimum absolute atomic E-state index is 0.800. The number of fused-ring (bicyclic) bond motifs is 1. The number of benzene rings is 2. The molecular formula is C17H21BrN2. The van der Waals surface area contributed by atoms with Crippen LogP contribution in [0.1, 0.15) is 12.8 Å². The molecule has 1 aliphatic heterocycles. The summed E-state index contributed by atoms with van der Waals surface area (Å²) >= 11 is 3.63. The van der Waals surface area contributed by atoms with Crippen LogP contribution >= 0.6 is 15.9 Å². The van der Waals surface area contributed by atoms with E-state index in [1.54, 1.807) is 0 Å². The molecule has 2 aromatic rings. The molecule has 0 aromatic heterocycles. The average Bonchev–Trinajstić information content (AvgIpc) is 2.49. The SMILES string of the molecule is CN1CCC(CNc2ccc(Br)c3ccccc23)CC1. The molecule has 0 bridgehead atoms. The van der Waals surface area contributed by atoms with E-state index in [-0.39, 0.29) is 0 Å². The highest BCUT2D eigenvalue weighted by atomic mass is 79.9. The van der Waals surface area contributed by atoms with Gasteiger partial charge in [-0.05, 0) is 56.4 Å². The summed E-state index contributed by atoms with van der Waals surface area (Å²) in [5.74, 6) is 0.800. The second kappa shape index (κ2) is 6.15. The lowest BCUT2D eigenvalue weighted by Crippen LogP contribution is -2.32. The van der Waals surface area contributed by atoms with Crippen LogP contribution in [0.25, 0.3) is 10.8 Å². The van der Waals surface area contributed by atoms with E-state index in [0.29, 0.717) is 0 Å². The van der Waals surface area contributed by atoms with Crippen LogP contribution in [0.2, 0.25) is 0 Å². The van der Waals surface area contributed by atoms with E-state index in [9.17, 15) is 0 Å². The van der Waals surface area contributed by atoms with Gasteiger partial charge < -0.3 is 10.2 Å². The standard InChI is InChI=1S/C17H21BrN2/c1-20-10-8-13(9-11-20)12-19-17-7-6-16(18)14-4-2-3-5-15(14)17/h2-7,13,19H,8-12H2,1H3. The summed E-state index contributed by atoms with van der Waals surface area (Å²) in [4.78, 5) is 2.42. The highest BCUT2D eigenvalue weighted by molar-refractivity contribution is 9.10. The second-order valence-electron chi connectivity index (χ2n) is 5.77. The van der Waals surface area contributed by atoms with Crippen LogP contribution in [0, 0.1) is 5.92 Å². The van der Waals surface area contributed by atoms with Crippen molar-refractivity contribution in [3.05, 3.63) is 40.9 Å². The topological polar surface area (TPSA) is 15.3 Å². The first-order chi connectivity index (χ1) is 9.74. The highest BCUT2D eigenvalue weighted by Crippen LogP contribution is 2.30. The van der Waals surface area contributed by atoms with Gasteiger partial charge in [0.15, 0.2) is 0 Å². The number of halogens is 1. The van der Waals surface area contributed by atoms with E-state index in [2.05, 4.69) is 69.6 Å². The zero-order chi connectivity index (χ0) is 13.9. The van der Waals surface area contributed by atoms with Gasteiger partial charge in [-0.25, -0.2) is 0 Å². The smallest absolute Gasteiger partial charge is 0.0420 e. The number of nitrogens with zero attached hydrogens (tertiary/aromatic N) is 1. The van der Waals surface area contributed by atoms with E-state index >= 15 is 0 Å². The number of nitrogens with one attached hydrogen (secondary N) is 1. The molecule has 1 N–H and O–H groups in total. The number of rotatable bonds is 3. The fraction of sp³-hybridized carbons (Fsp3) is 0.412. The van der Waals surface area contributed by atoms with Gasteiger partial charge in [0.2, 0.25) is 0 Å². The average molecular weight is 333 g/mol. The van der Waals surface area contributed by atoms with Crippen LogP contribution in [0.4, 0.5) is 5.69 Å². The maximum atomic E-state index is 3.66. The zero-order valence-electron chi connectivity index (χ0n) is 11.9. The van der Waals surface area contributed by atoms with Crippen LogP contribution in [0.15, 0.2) is 40.9 Å². The van der Waals surface area contributed by atoms with Crippen LogP contribution in [0.3, 0.4) is 0 Å². The Bertz CT molecular complexity index is 589. The Balaban J connectivity index is 1.73. The monoisotopic (exact) mass is 332 g/mol. The lowest BCUT2D eigenvalue weighted by Gasteiger charge is -2.29. The molecule has 1 aliphatic rings. The molecule has 0 aliphatic carbocycles. The summed E-state index contributed by atoms with van der Waals surface area (Å²) in [6.07, 6.45) is 2.61. The molecule has 0 saturated carbocycles. The van der Waals surface area contributed by atoms with Crippen molar-refractivity contribution in [1.29, 1.82) is 0 Å². The third kappa shape index (κ3) is 2.99. The first kappa shape index (κ1) is 13.9. The summed E-state index contributed by atoms with van der Waals surface area (Å²) < 4.78 is 1.16. The summed E-state index contributed by atoms with van der Waals surface area (Å²) in [6, 6.07) is 12.9. The molecule has 20 heavy (non-hydrogen) atoms. The number of anilines is 1. The van der Waals surface area contributed by atoms with Crippen LogP contribution < -0.4 is 5.32 Å². The van der Waals surface area contributed by atoms with Crippen LogP contribution in [0.5, 0.6) is 0 Å². The molecule has 0 amide bonds. The summed E-state index contributed by atoms with van der Waals surface area (Å²) in [5.41, 5.74) is 1.25. The van der Waals surface area contributed by atoms with Crippen molar-refractivity contribution in [2.75, 3.05) is 32.0 Å². The Morgan fingerprint density at radius 1 is 1.10 bits per heavy atom. The first-order valence-corrected chi connectivity index (χ1v) is 8.13. The van der Waals surface area contributed by atoms with Gasteiger partial charge in [-0.2, -0.15) is 0 Å². The number of likely N-dealkylation sites (tertiary alicyclic amines) is 1. The van der Waals surface area contributed by atoms with Crippen molar-refractivity contribution < 1.29 is 0 Å². The quantitative estimate of drug-likeness (QED) is 0.898. The molecule has 106 valence electrons. The van der Waals surface area contributed by atoms with Gasteiger partial charge in [0.05, 0.1) is 0 Å². The molecule has 0 atom stereocenters. The molecule has 0 unspecified atom stereocenters. The predicted molar refractivity (Wildman–Crippen MR) is 90.4 cm³/mol. The molecule has 1 heterocycles. The van der Waals surface area contributed by atoms with Gasteiger partial charge >= 0.3 is 0 Å². The van der Waals surface area contributed by atoms with Gasteiger partial charge in [0.1, 0.15) is 0 Å². The maximum Gasteiger partial charge on any atom is 0.0420 e.